The molecule has 0 bridgehead atoms. The molecule has 0 spiro atoms. The number of hydrogen-bond donors (Lipinski definition) is 0. The Kier molecular flexibility index (Phi) is 5.42. The topological polar surface area (TPSA) is 15.6 Å². The molecule has 0 heterocycles. The maximum absolute atomic E-state index is 12.2. The van der Waals surface area contributed by atoms with Crippen molar-refractivity contribution in [3.8, 4) is 0 Å². The fraction of sp³-hybridized carbons (Fsp3) is 0.667. The van der Waals surface area contributed by atoms with Gasteiger partial charge in [0, 0.05) is 17.5 Å². The van der Waals surface area contributed by atoms with Crippen molar-refractivity contribution in [1.29, 1.82) is 0 Å². The van der Waals surface area contributed by atoms with Crippen molar-refractivity contribution < 1.29 is 8.63 Å². The van der Waals surface area contributed by atoms with Gasteiger partial charge in [0.1, 0.15) is 0 Å². The van der Waals surface area contributed by atoms with E-state index in [2.05, 4.69) is 4.99 Å². The highest BCUT2D eigenvalue weighted by Gasteiger charge is 2.20. The molecule has 0 aromatic rings. The first-order chi connectivity index (χ1) is 6.34. The molecule has 0 aromatic heterocycles. The summed E-state index contributed by atoms with van der Waals surface area (Å²) in [5, 5.41) is 0. The van der Waals surface area contributed by atoms with Crippen LogP contribution >= 0.6 is 0 Å². The number of hydrogen-bond acceptors (Lipinski definition) is 2. The number of rotatable bonds is 4. The van der Waals surface area contributed by atoms with Crippen LogP contribution in [0.1, 0.15) is 27.7 Å². The lowest BCUT2D eigenvalue weighted by atomic mass is 10.1. The van der Waals surface area contributed by atoms with Crippen molar-refractivity contribution in [2.45, 2.75) is 33.7 Å². The first kappa shape index (κ1) is 13.1. The average molecular weight is 202 g/mol. The second-order valence-corrected chi connectivity index (χ2v) is 3.54. The van der Waals surface area contributed by atoms with Gasteiger partial charge in [0.2, 0.25) is 0 Å². The monoisotopic (exact) mass is 202 g/mol. The highest BCUT2D eigenvalue weighted by molar-refractivity contribution is 6.39. The van der Waals surface area contributed by atoms with E-state index in [0.29, 0.717) is 5.70 Å². The smallest absolute Gasteiger partial charge is 0.363 e. The molecule has 80 valence electrons. The Morgan fingerprint density at radius 3 is 2.21 bits per heavy atom. The Labute approximate surface area is 84.9 Å². The maximum Gasteiger partial charge on any atom is 0.672 e. The van der Waals surface area contributed by atoms with Gasteiger partial charge < -0.3 is 4.81 Å². The SMILES string of the molecule is CC(/C=C(/C)N(C)B(F)F)=NC(C)C. The molecule has 0 N–H and O–H groups in total. The molecule has 0 radical (unpaired) electrons. The van der Waals surface area contributed by atoms with Gasteiger partial charge in [-0.3, -0.25) is 13.6 Å². The fourth-order valence-electron chi connectivity index (χ4n) is 1.00. The molecular formula is C9H17BF2N2. The van der Waals surface area contributed by atoms with E-state index >= 15 is 0 Å². The number of aliphatic imine (C=N–C) groups is 1. The predicted octanol–water partition coefficient (Wildman–Crippen LogP) is 2.62. The Hall–Kier alpha value is -0.865. The predicted molar refractivity (Wildman–Crippen MR) is 57.7 cm³/mol. The van der Waals surface area contributed by atoms with Crippen molar-refractivity contribution in [2.24, 2.45) is 4.99 Å². The highest BCUT2D eigenvalue weighted by Crippen LogP contribution is 2.05. The van der Waals surface area contributed by atoms with E-state index in [1.165, 1.54) is 7.05 Å². The van der Waals surface area contributed by atoms with Crippen molar-refractivity contribution in [3.63, 3.8) is 0 Å². The molecule has 0 aliphatic rings. The summed E-state index contributed by atoms with van der Waals surface area (Å²) in [5.74, 6) is 0. The van der Waals surface area contributed by atoms with Crippen molar-refractivity contribution >= 4 is 13.1 Å². The summed E-state index contributed by atoms with van der Waals surface area (Å²) in [4.78, 5) is 5.14. The molecule has 0 fully saturated rings. The van der Waals surface area contributed by atoms with Crippen LogP contribution in [-0.4, -0.2) is 31.0 Å². The molecule has 0 aromatic carbocycles. The zero-order chi connectivity index (χ0) is 11.3. The summed E-state index contributed by atoms with van der Waals surface area (Å²) in [5.41, 5.74) is 1.28. The van der Waals surface area contributed by atoms with Crippen LogP contribution in [0.25, 0.3) is 0 Å². The van der Waals surface area contributed by atoms with Gasteiger partial charge in [0.25, 0.3) is 0 Å². The van der Waals surface area contributed by atoms with Crippen molar-refractivity contribution in [1.82, 2.24) is 4.81 Å². The van der Waals surface area contributed by atoms with Gasteiger partial charge in [-0.25, -0.2) is 0 Å². The number of halogens is 2. The average Bonchev–Trinajstić information content (AvgIpc) is 2.00. The lowest BCUT2D eigenvalue weighted by Crippen LogP contribution is -2.27. The van der Waals surface area contributed by atoms with Gasteiger partial charge in [0.05, 0.1) is 0 Å². The third-order valence-corrected chi connectivity index (χ3v) is 1.73. The van der Waals surface area contributed by atoms with E-state index in [9.17, 15) is 8.63 Å². The van der Waals surface area contributed by atoms with Crippen LogP contribution in [0.4, 0.5) is 8.63 Å². The molecule has 0 amide bonds. The molecule has 0 saturated carbocycles. The van der Waals surface area contributed by atoms with Gasteiger partial charge in [-0.05, 0) is 40.8 Å². The third kappa shape index (κ3) is 4.99. The van der Waals surface area contributed by atoms with E-state index in [1.807, 2.05) is 20.8 Å². The van der Waals surface area contributed by atoms with Gasteiger partial charge >= 0.3 is 7.40 Å². The quantitative estimate of drug-likeness (QED) is 0.505. The molecule has 0 aliphatic carbocycles. The lowest BCUT2D eigenvalue weighted by Gasteiger charge is -2.15. The van der Waals surface area contributed by atoms with E-state index in [4.69, 9.17) is 0 Å². The van der Waals surface area contributed by atoms with Crippen LogP contribution in [0, 0.1) is 0 Å². The largest absolute Gasteiger partial charge is 0.672 e. The molecule has 0 saturated heterocycles. The normalized spacial score (nSPS) is 13.4. The van der Waals surface area contributed by atoms with Gasteiger partial charge in [-0.2, -0.15) is 0 Å². The van der Waals surface area contributed by atoms with Crippen LogP contribution in [0.5, 0.6) is 0 Å². The standard InChI is InChI=1S/C9H17BF2N2/c1-7(2)13-8(3)6-9(4)14(5)10(11)12/h6-7H,1-5H3/b9-6-,13-8?. The van der Waals surface area contributed by atoms with Gasteiger partial charge in [0.15, 0.2) is 0 Å². The Morgan fingerprint density at radius 2 is 1.86 bits per heavy atom. The second kappa shape index (κ2) is 5.78. The Morgan fingerprint density at radius 1 is 1.36 bits per heavy atom. The van der Waals surface area contributed by atoms with E-state index in [0.717, 1.165) is 10.5 Å². The summed E-state index contributed by atoms with van der Waals surface area (Å²) in [6, 6.07) is 0.191. The minimum Gasteiger partial charge on any atom is -0.363 e. The number of allylic oxidation sites excluding steroid dienone is 2. The maximum atomic E-state index is 12.2. The number of nitrogens with zero attached hydrogens (tertiary/aromatic N) is 2. The van der Waals surface area contributed by atoms with Crippen LogP contribution < -0.4 is 0 Å². The van der Waals surface area contributed by atoms with E-state index in [1.54, 1.807) is 13.0 Å². The zero-order valence-electron chi connectivity index (χ0n) is 9.38. The molecule has 0 aliphatic heterocycles. The molecule has 14 heavy (non-hydrogen) atoms. The van der Waals surface area contributed by atoms with Gasteiger partial charge in [-0.15, -0.1) is 0 Å². The van der Waals surface area contributed by atoms with Crippen LogP contribution in [0.15, 0.2) is 16.8 Å². The Bertz CT molecular complexity index is 237. The minimum atomic E-state index is -2.46. The first-order valence-corrected chi connectivity index (χ1v) is 4.58. The summed E-state index contributed by atoms with van der Waals surface area (Å²) in [6.07, 6.45) is 1.66. The first-order valence-electron chi connectivity index (χ1n) is 4.58. The van der Waals surface area contributed by atoms with Crippen molar-refractivity contribution in [2.75, 3.05) is 7.05 Å². The van der Waals surface area contributed by atoms with Crippen LogP contribution in [-0.2, 0) is 0 Å². The van der Waals surface area contributed by atoms with E-state index in [-0.39, 0.29) is 6.04 Å². The van der Waals surface area contributed by atoms with E-state index < -0.39 is 7.40 Å². The zero-order valence-corrected chi connectivity index (χ0v) is 9.38. The molecule has 0 unspecified atom stereocenters. The lowest BCUT2D eigenvalue weighted by molar-refractivity contribution is 0.487. The fourth-order valence-corrected chi connectivity index (χ4v) is 1.00. The van der Waals surface area contributed by atoms with Gasteiger partial charge in [-0.1, -0.05) is 0 Å². The third-order valence-electron chi connectivity index (χ3n) is 1.73. The molecular weight excluding hydrogens is 185 g/mol. The Balaban J connectivity index is 4.51. The van der Waals surface area contributed by atoms with Crippen molar-refractivity contribution in [3.05, 3.63) is 11.8 Å². The second-order valence-electron chi connectivity index (χ2n) is 3.54. The minimum absolute atomic E-state index is 0.191. The molecule has 2 nitrogen and oxygen atoms in total. The molecule has 0 atom stereocenters. The van der Waals surface area contributed by atoms with Crippen LogP contribution in [0.3, 0.4) is 0 Å². The molecule has 5 heteroatoms. The van der Waals surface area contributed by atoms with Crippen LogP contribution in [0.2, 0.25) is 0 Å². The summed E-state index contributed by atoms with van der Waals surface area (Å²) < 4.78 is 24.5. The summed E-state index contributed by atoms with van der Waals surface area (Å²) >= 11 is 0. The summed E-state index contributed by atoms with van der Waals surface area (Å²) in [7, 11) is -1.10. The highest BCUT2D eigenvalue weighted by atomic mass is 19.2. The summed E-state index contributed by atoms with van der Waals surface area (Å²) in [6.45, 7) is 7.35. The molecule has 0 rings (SSSR count).